The topological polar surface area (TPSA) is 90.0 Å². The van der Waals surface area contributed by atoms with Gasteiger partial charge in [0.2, 0.25) is 11.8 Å². The molecule has 8 nitrogen and oxygen atoms in total. The quantitative estimate of drug-likeness (QED) is 0.552. The average molecular weight is 545 g/mol. The van der Waals surface area contributed by atoms with Crippen LogP contribution in [0.5, 0.6) is 0 Å². The molecule has 3 aliphatic heterocycles. The van der Waals surface area contributed by atoms with Crippen LogP contribution < -0.4 is 4.72 Å². The van der Waals surface area contributed by atoms with E-state index in [-0.39, 0.29) is 28.6 Å². The molecule has 37 heavy (non-hydrogen) atoms. The van der Waals surface area contributed by atoms with Crippen LogP contribution in [0.2, 0.25) is 0 Å². The Morgan fingerprint density at radius 1 is 1.00 bits per heavy atom. The van der Waals surface area contributed by atoms with E-state index in [1.165, 1.54) is 17.7 Å². The van der Waals surface area contributed by atoms with Crippen LogP contribution in [0.1, 0.15) is 44.1 Å². The number of carbonyl (C=O) groups is 2. The molecule has 0 spiro atoms. The molecule has 3 saturated heterocycles. The number of likely N-dealkylation sites (tertiary alicyclic amines) is 3. The first-order valence-corrected chi connectivity index (χ1v) is 15.6. The summed E-state index contributed by atoms with van der Waals surface area (Å²) in [5.74, 6) is -0.340. The second kappa shape index (κ2) is 11.2. The van der Waals surface area contributed by atoms with E-state index in [0.717, 1.165) is 67.0 Å². The minimum Gasteiger partial charge on any atom is -0.337 e. The third-order valence-electron chi connectivity index (χ3n) is 7.74. The molecule has 1 aromatic carbocycles. The Kier molecular flexibility index (Phi) is 7.99. The van der Waals surface area contributed by atoms with E-state index in [2.05, 4.69) is 9.62 Å². The van der Waals surface area contributed by atoms with E-state index in [9.17, 15) is 18.0 Å². The Morgan fingerprint density at radius 3 is 2.49 bits per heavy atom. The number of amides is 2. The maximum Gasteiger partial charge on any atom is 0.250 e. The predicted molar refractivity (Wildman–Crippen MR) is 145 cm³/mol. The van der Waals surface area contributed by atoms with Crippen LogP contribution in [0.25, 0.3) is 11.1 Å². The molecule has 2 amide bonds. The largest absolute Gasteiger partial charge is 0.337 e. The highest BCUT2D eigenvalue weighted by atomic mass is 32.2. The Morgan fingerprint density at radius 2 is 1.73 bits per heavy atom. The molecule has 2 atom stereocenters. The van der Waals surface area contributed by atoms with Crippen molar-refractivity contribution in [2.75, 3.05) is 39.3 Å². The second-order valence-electron chi connectivity index (χ2n) is 10.5. The van der Waals surface area contributed by atoms with Gasteiger partial charge in [0.15, 0.2) is 0 Å². The van der Waals surface area contributed by atoms with Crippen molar-refractivity contribution in [2.45, 2.75) is 61.7 Å². The van der Waals surface area contributed by atoms with Gasteiger partial charge >= 0.3 is 0 Å². The van der Waals surface area contributed by atoms with Crippen molar-refractivity contribution in [1.29, 1.82) is 0 Å². The molecule has 1 N–H and O–H groups in total. The van der Waals surface area contributed by atoms with Crippen molar-refractivity contribution in [3.63, 3.8) is 0 Å². The van der Waals surface area contributed by atoms with Crippen LogP contribution >= 0.6 is 11.3 Å². The third-order valence-corrected chi connectivity index (χ3v) is 10.7. The minimum absolute atomic E-state index is 0.0180. The highest BCUT2D eigenvalue weighted by Crippen LogP contribution is 2.29. The number of sulfonamides is 1. The molecule has 0 radical (unpaired) electrons. The summed E-state index contributed by atoms with van der Waals surface area (Å²) < 4.78 is 29.1. The molecular formula is C27H36N4O4S2. The van der Waals surface area contributed by atoms with Gasteiger partial charge < -0.3 is 14.7 Å². The zero-order valence-electron chi connectivity index (χ0n) is 21.4. The summed E-state index contributed by atoms with van der Waals surface area (Å²) in [5.41, 5.74) is 2.92. The van der Waals surface area contributed by atoms with Gasteiger partial charge in [-0.2, -0.15) is 4.72 Å². The normalized spacial score (nSPS) is 23.2. The number of hydrogen-bond acceptors (Lipinski definition) is 6. The van der Waals surface area contributed by atoms with Crippen molar-refractivity contribution in [1.82, 2.24) is 19.4 Å². The van der Waals surface area contributed by atoms with Gasteiger partial charge in [-0.1, -0.05) is 29.8 Å². The van der Waals surface area contributed by atoms with Crippen LogP contribution in [-0.2, 0) is 19.6 Å². The standard InChI is InChI=1S/C27H36N4O4S2/c1-20-8-10-21(11-9-20)22-16-26(36-19-22)37(34,35)28-24-7-5-14-30(27(24)33)18-25(32)31-15-4-6-23(31)17-29-12-2-3-13-29/h8-11,16,19,23-24,28H,2-7,12-15,17-18H2,1H3/t23-,24-/m0/s1. The lowest BCUT2D eigenvalue weighted by Crippen LogP contribution is -2.55. The summed E-state index contributed by atoms with van der Waals surface area (Å²) in [7, 11) is -3.86. The van der Waals surface area contributed by atoms with E-state index in [0.29, 0.717) is 19.4 Å². The molecule has 4 heterocycles. The molecule has 10 heteroatoms. The number of hydrogen-bond donors (Lipinski definition) is 1. The van der Waals surface area contributed by atoms with Gasteiger partial charge in [0, 0.05) is 25.7 Å². The molecule has 0 aliphatic carbocycles. The highest BCUT2D eigenvalue weighted by Gasteiger charge is 2.36. The Hall–Kier alpha value is -2.27. The van der Waals surface area contributed by atoms with E-state index in [1.54, 1.807) is 6.07 Å². The molecule has 0 bridgehead atoms. The molecule has 0 unspecified atom stereocenters. The zero-order chi connectivity index (χ0) is 26.0. The Bertz CT molecular complexity index is 1220. The lowest BCUT2D eigenvalue weighted by atomic mass is 10.1. The summed E-state index contributed by atoms with van der Waals surface area (Å²) in [4.78, 5) is 32.3. The van der Waals surface area contributed by atoms with Gasteiger partial charge in [-0.3, -0.25) is 9.59 Å². The lowest BCUT2D eigenvalue weighted by Gasteiger charge is -2.34. The molecule has 2 aromatic rings. The summed E-state index contributed by atoms with van der Waals surface area (Å²) in [6, 6.07) is 8.93. The summed E-state index contributed by atoms with van der Waals surface area (Å²) in [6.07, 6.45) is 5.52. The number of nitrogens with zero attached hydrogens (tertiary/aromatic N) is 3. The van der Waals surface area contributed by atoms with Gasteiger partial charge in [-0.05, 0) is 81.1 Å². The fourth-order valence-electron chi connectivity index (χ4n) is 5.68. The highest BCUT2D eigenvalue weighted by molar-refractivity contribution is 7.91. The van der Waals surface area contributed by atoms with E-state index in [1.807, 2.05) is 41.5 Å². The number of nitrogens with one attached hydrogen (secondary N) is 1. The average Bonchev–Trinajstić information content (AvgIpc) is 3.65. The van der Waals surface area contributed by atoms with Crippen LogP contribution in [0.15, 0.2) is 39.9 Å². The molecule has 3 aliphatic rings. The maximum absolute atomic E-state index is 13.2. The molecule has 5 rings (SSSR count). The van der Waals surface area contributed by atoms with Gasteiger partial charge in [0.05, 0.1) is 6.54 Å². The van der Waals surface area contributed by atoms with Crippen LogP contribution in [0, 0.1) is 6.92 Å². The lowest BCUT2D eigenvalue weighted by molar-refractivity contribution is -0.143. The Balaban J connectivity index is 1.20. The summed E-state index contributed by atoms with van der Waals surface area (Å²) in [5, 5.41) is 1.82. The van der Waals surface area contributed by atoms with E-state index < -0.39 is 16.1 Å². The molecule has 1 aromatic heterocycles. The van der Waals surface area contributed by atoms with Gasteiger partial charge in [0.1, 0.15) is 10.3 Å². The molecule has 0 saturated carbocycles. The molecule has 3 fully saturated rings. The van der Waals surface area contributed by atoms with Crippen LogP contribution in [0.3, 0.4) is 0 Å². The minimum atomic E-state index is -3.86. The van der Waals surface area contributed by atoms with Crippen molar-refractivity contribution >= 4 is 33.2 Å². The van der Waals surface area contributed by atoms with Crippen molar-refractivity contribution in [3.05, 3.63) is 41.3 Å². The van der Waals surface area contributed by atoms with Gasteiger partial charge in [-0.15, -0.1) is 11.3 Å². The first-order valence-electron chi connectivity index (χ1n) is 13.3. The smallest absolute Gasteiger partial charge is 0.250 e. The first kappa shape index (κ1) is 26.3. The van der Waals surface area contributed by atoms with E-state index in [4.69, 9.17) is 0 Å². The Labute approximate surface area is 223 Å². The zero-order valence-corrected chi connectivity index (χ0v) is 23.0. The number of piperidine rings is 1. The van der Waals surface area contributed by atoms with Gasteiger partial charge in [0.25, 0.3) is 10.0 Å². The monoisotopic (exact) mass is 544 g/mol. The predicted octanol–water partition coefficient (Wildman–Crippen LogP) is 3.08. The van der Waals surface area contributed by atoms with Crippen LogP contribution in [-0.4, -0.2) is 86.3 Å². The van der Waals surface area contributed by atoms with Crippen molar-refractivity contribution in [3.8, 4) is 11.1 Å². The summed E-state index contributed by atoms with van der Waals surface area (Å²) >= 11 is 1.15. The number of benzene rings is 1. The number of thiophene rings is 1. The van der Waals surface area contributed by atoms with Gasteiger partial charge in [-0.25, -0.2) is 8.42 Å². The van der Waals surface area contributed by atoms with E-state index >= 15 is 0 Å². The first-order chi connectivity index (χ1) is 17.8. The second-order valence-corrected chi connectivity index (χ2v) is 13.3. The third kappa shape index (κ3) is 6.08. The molecular weight excluding hydrogens is 508 g/mol. The van der Waals surface area contributed by atoms with Crippen LogP contribution in [0.4, 0.5) is 0 Å². The number of rotatable bonds is 8. The maximum atomic E-state index is 13.2. The fraction of sp³-hybridized carbons (Fsp3) is 0.556. The molecule has 200 valence electrons. The number of carbonyl (C=O) groups excluding carboxylic acids is 2. The fourth-order valence-corrected chi connectivity index (χ4v) is 8.11. The number of aryl methyl sites for hydroxylation is 1. The SMILES string of the molecule is Cc1ccc(-c2csc(S(=O)(=O)N[C@H]3CCCN(CC(=O)N4CCC[C@H]4CN4CCCC4)C3=O)c2)cc1. The van der Waals surface area contributed by atoms with Crippen molar-refractivity contribution < 1.29 is 18.0 Å². The summed E-state index contributed by atoms with van der Waals surface area (Å²) in [6.45, 7) is 6.34. The van der Waals surface area contributed by atoms with Crippen molar-refractivity contribution in [2.24, 2.45) is 0 Å².